The van der Waals surface area contributed by atoms with Gasteiger partial charge in [-0.05, 0) is 40.5 Å². The molecule has 0 amide bonds. The molecular weight excluding hydrogens is 211 g/mol. The number of hydrogen-bond acceptors (Lipinski definition) is 3. The van der Waals surface area contributed by atoms with Gasteiger partial charge in [0.05, 0.1) is 0 Å². The summed E-state index contributed by atoms with van der Waals surface area (Å²) in [6.45, 7) is 6.61. The van der Waals surface area contributed by atoms with Crippen LogP contribution in [-0.2, 0) is 14.3 Å². The lowest BCUT2D eigenvalue weighted by atomic mass is 9.74. The second-order valence-electron chi connectivity index (χ2n) is 5.72. The molecular formula is C12H19FO3. The molecule has 0 aliphatic carbocycles. The zero-order valence-electron chi connectivity index (χ0n) is 10.3. The average molecular weight is 230 g/mol. The number of ketones is 1. The number of alkyl halides is 1. The van der Waals surface area contributed by atoms with Crippen LogP contribution in [-0.4, -0.2) is 29.4 Å². The number of Topliss-reactive ketones (excluding diaryl/α,β-unsaturated/α-hetero) is 1. The molecule has 0 spiro atoms. The Morgan fingerprint density at radius 2 is 2.06 bits per heavy atom. The van der Waals surface area contributed by atoms with Crippen molar-refractivity contribution in [3.63, 3.8) is 0 Å². The number of carbonyl (C=O) groups is 1. The summed E-state index contributed by atoms with van der Waals surface area (Å²) in [6, 6.07) is 0. The molecule has 2 saturated heterocycles. The maximum absolute atomic E-state index is 14.1. The van der Waals surface area contributed by atoms with E-state index in [4.69, 9.17) is 9.47 Å². The molecule has 2 heterocycles. The molecule has 0 radical (unpaired) electrons. The highest BCUT2D eigenvalue weighted by atomic mass is 19.1. The molecule has 0 aromatic carbocycles. The highest BCUT2D eigenvalue weighted by Gasteiger charge is 2.58. The average Bonchev–Trinajstić information content (AvgIpc) is 2.10. The van der Waals surface area contributed by atoms with Gasteiger partial charge in [0.15, 0.2) is 11.6 Å². The summed E-state index contributed by atoms with van der Waals surface area (Å²) in [5.41, 5.74) is -2.15. The smallest absolute Gasteiger partial charge is 0.190 e. The minimum atomic E-state index is -1.36. The van der Waals surface area contributed by atoms with E-state index in [1.807, 2.05) is 0 Å². The van der Waals surface area contributed by atoms with E-state index in [0.717, 1.165) is 0 Å². The summed E-state index contributed by atoms with van der Waals surface area (Å²) < 4.78 is 25.3. The minimum Gasteiger partial charge on any atom is -0.342 e. The van der Waals surface area contributed by atoms with Crippen molar-refractivity contribution in [2.45, 2.75) is 57.6 Å². The van der Waals surface area contributed by atoms with E-state index in [-0.39, 0.29) is 18.3 Å². The van der Waals surface area contributed by atoms with Gasteiger partial charge in [-0.3, -0.25) is 4.79 Å². The van der Waals surface area contributed by atoms with Crippen LogP contribution in [0.25, 0.3) is 0 Å². The van der Waals surface area contributed by atoms with Crippen molar-refractivity contribution in [2.24, 2.45) is 5.92 Å². The first kappa shape index (κ1) is 12.0. The molecule has 0 N–H and O–H groups in total. The molecule has 0 aromatic rings. The number of fused-ring (bicyclic) bond motifs is 2. The number of hydrogen-bond donors (Lipinski definition) is 0. The first-order valence-electron chi connectivity index (χ1n) is 5.74. The van der Waals surface area contributed by atoms with Crippen LogP contribution in [0.3, 0.4) is 0 Å². The minimum absolute atomic E-state index is 0.0274. The van der Waals surface area contributed by atoms with Crippen LogP contribution in [0.4, 0.5) is 4.39 Å². The molecule has 0 saturated carbocycles. The maximum Gasteiger partial charge on any atom is 0.190 e. The zero-order valence-corrected chi connectivity index (χ0v) is 10.3. The van der Waals surface area contributed by atoms with Crippen LogP contribution >= 0.6 is 0 Å². The fraction of sp³-hybridized carbons (Fsp3) is 0.917. The van der Waals surface area contributed by atoms with Crippen LogP contribution in [0.1, 0.15) is 40.5 Å². The number of halogens is 1. The monoisotopic (exact) mass is 230 g/mol. The first-order valence-corrected chi connectivity index (χ1v) is 5.74. The lowest BCUT2D eigenvalue weighted by molar-refractivity contribution is -0.348. The van der Waals surface area contributed by atoms with Gasteiger partial charge in [0.2, 0.25) is 0 Å². The molecule has 2 aliphatic rings. The quantitative estimate of drug-likeness (QED) is 0.693. The Morgan fingerprint density at radius 1 is 1.44 bits per heavy atom. The predicted octanol–water partition coefficient (Wildman–Crippen LogP) is 2.24. The molecule has 0 aromatic heterocycles. The molecule has 0 unspecified atom stereocenters. The van der Waals surface area contributed by atoms with Crippen LogP contribution in [0.2, 0.25) is 0 Å². The van der Waals surface area contributed by atoms with Crippen LogP contribution in [0, 0.1) is 5.92 Å². The third kappa shape index (κ3) is 1.68. The van der Waals surface area contributed by atoms with E-state index in [1.165, 1.54) is 13.8 Å². The maximum atomic E-state index is 14.1. The Balaban J connectivity index is 2.30. The van der Waals surface area contributed by atoms with E-state index >= 15 is 0 Å². The second kappa shape index (κ2) is 3.26. The summed E-state index contributed by atoms with van der Waals surface area (Å²) in [6.07, 6.45) is 1.19. The number of rotatable bonds is 1. The van der Waals surface area contributed by atoms with Crippen LogP contribution < -0.4 is 0 Å². The van der Waals surface area contributed by atoms with Crippen molar-refractivity contribution in [1.29, 1.82) is 0 Å². The van der Waals surface area contributed by atoms with Crippen molar-refractivity contribution >= 4 is 5.78 Å². The Bertz CT molecular complexity index is 323. The third-order valence-electron chi connectivity index (χ3n) is 3.88. The van der Waals surface area contributed by atoms with Crippen molar-refractivity contribution < 1.29 is 18.7 Å². The molecule has 2 rings (SSSR count). The number of carbonyl (C=O) groups excluding carboxylic acids is 1. The van der Waals surface area contributed by atoms with E-state index in [2.05, 4.69) is 0 Å². The Labute approximate surface area is 95.3 Å². The Hall–Kier alpha value is -0.480. The molecule has 3 atom stereocenters. The SMILES string of the molecule is CC(C)(F)[C@@H]1CC[C@]2(C)O[C@@]1(C)OCC2=O. The predicted molar refractivity (Wildman–Crippen MR) is 56.8 cm³/mol. The summed E-state index contributed by atoms with van der Waals surface area (Å²) in [5, 5.41) is 0. The molecule has 92 valence electrons. The van der Waals surface area contributed by atoms with Gasteiger partial charge in [0.1, 0.15) is 17.9 Å². The van der Waals surface area contributed by atoms with Gasteiger partial charge in [0, 0.05) is 5.92 Å². The van der Waals surface area contributed by atoms with Crippen LogP contribution in [0.5, 0.6) is 0 Å². The largest absolute Gasteiger partial charge is 0.342 e. The molecule has 2 fully saturated rings. The zero-order chi connectivity index (χ0) is 12.2. The molecule has 2 aliphatic heterocycles. The molecule has 4 heteroatoms. The summed E-state index contributed by atoms with van der Waals surface area (Å²) in [4.78, 5) is 11.7. The third-order valence-corrected chi connectivity index (χ3v) is 3.88. The van der Waals surface area contributed by atoms with Crippen LogP contribution in [0.15, 0.2) is 0 Å². The summed E-state index contributed by atoms with van der Waals surface area (Å²) >= 11 is 0. The standard InChI is InChI=1S/C12H19FO3/c1-10(2,13)8-5-6-11(3)9(14)7-15-12(8,4)16-11/h8H,5-7H2,1-4H3/t8-,11-,12+/m0/s1. The fourth-order valence-electron chi connectivity index (χ4n) is 2.91. The van der Waals surface area contributed by atoms with Crippen molar-refractivity contribution in [2.75, 3.05) is 6.61 Å². The van der Waals surface area contributed by atoms with Gasteiger partial charge in [-0.25, -0.2) is 4.39 Å². The van der Waals surface area contributed by atoms with Gasteiger partial charge < -0.3 is 9.47 Å². The van der Waals surface area contributed by atoms with E-state index in [0.29, 0.717) is 12.8 Å². The van der Waals surface area contributed by atoms with Crippen molar-refractivity contribution in [3.05, 3.63) is 0 Å². The van der Waals surface area contributed by atoms with Gasteiger partial charge >= 0.3 is 0 Å². The van der Waals surface area contributed by atoms with E-state index in [9.17, 15) is 9.18 Å². The summed E-state index contributed by atoms with van der Waals surface area (Å²) in [7, 11) is 0. The van der Waals surface area contributed by atoms with Gasteiger partial charge in [-0.2, -0.15) is 0 Å². The normalized spacial score (nSPS) is 44.6. The first-order chi connectivity index (χ1) is 7.17. The highest BCUT2D eigenvalue weighted by Crippen LogP contribution is 2.48. The van der Waals surface area contributed by atoms with Crippen molar-refractivity contribution in [3.8, 4) is 0 Å². The van der Waals surface area contributed by atoms with E-state index in [1.54, 1.807) is 13.8 Å². The molecule has 2 bridgehead atoms. The Kier molecular flexibility index (Phi) is 2.45. The van der Waals surface area contributed by atoms with Gasteiger partial charge in [-0.15, -0.1) is 0 Å². The second-order valence-corrected chi connectivity index (χ2v) is 5.72. The summed E-state index contributed by atoms with van der Waals surface area (Å²) in [5.74, 6) is -1.35. The van der Waals surface area contributed by atoms with Gasteiger partial charge in [0.25, 0.3) is 0 Å². The molecule has 16 heavy (non-hydrogen) atoms. The Morgan fingerprint density at radius 3 is 2.62 bits per heavy atom. The topological polar surface area (TPSA) is 35.5 Å². The number of ether oxygens (including phenoxy) is 2. The van der Waals surface area contributed by atoms with E-state index < -0.39 is 17.1 Å². The fourth-order valence-corrected chi connectivity index (χ4v) is 2.91. The van der Waals surface area contributed by atoms with Crippen molar-refractivity contribution in [1.82, 2.24) is 0 Å². The van der Waals surface area contributed by atoms with Gasteiger partial charge in [-0.1, -0.05) is 0 Å². The lowest BCUT2D eigenvalue weighted by Gasteiger charge is -2.54. The lowest BCUT2D eigenvalue weighted by Crippen LogP contribution is -2.64. The highest BCUT2D eigenvalue weighted by molar-refractivity contribution is 5.88. The molecule has 3 nitrogen and oxygen atoms in total.